The summed E-state index contributed by atoms with van der Waals surface area (Å²) in [5.74, 6) is 0.314. The van der Waals surface area contributed by atoms with Crippen molar-refractivity contribution >= 4 is 10.8 Å². The van der Waals surface area contributed by atoms with Gasteiger partial charge in [-0.25, -0.2) is 0 Å². The van der Waals surface area contributed by atoms with E-state index in [2.05, 4.69) is 0 Å². The van der Waals surface area contributed by atoms with E-state index in [-0.39, 0.29) is 23.7 Å². The van der Waals surface area contributed by atoms with Crippen LogP contribution < -0.4 is 9.47 Å². The van der Waals surface area contributed by atoms with Gasteiger partial charge in [0.15, 0.2) is 0 Å². The van der Waals surface area contributed by atoms with Gasteiger partial charge in [0.1, 0.15) is 29.1 Å². The normalized spacial score (nSPS) is 24.2. The number of epoxide rings is 1. The van der Waals surface area contributed by atoms with E-state index < -0.39 is 5.79 Å². The molecule has 0 bridgehead atoms. The zero-order valence-corrected chi connectivity index (χ0v) is 13.1. The van der Waals surface area contributed by atoms with Gasteiger partial charge in [-0.1, -0.05) is 24.3 Å². The number of ether oxygens (including phenoxy) is 3. The van der Waals surface area contributed by atoms with E-state index in [4.69, 9.17) is 14.2 Å². The molecule has 1 fully saturated rings. The molecular formula is C20H14O5. The lowest BCUT2D eigenvalue weighted by Gasteiger charge is -2.41. The minimum absolute atomic E-state index is 0.0355. The lowest BCUT2D eigenvalue weighted by Crippen LogP contribution is -2.45. The van der Waals surface area contributed by atoms with Gasteiger partial charge in [-0.15, -0.1) is 0 Å². The third kappa shape index (κ3) is 1.61. The van der Waals surface area contributed by atoms with E-state index in [1.54, 1.807) is 0 Å². The maximum atomic E-state index is 10.5. The summed E-state index contributed by atoms with van der Waals surface area (Å²) in [4.78, 5) is 0. The van der Waals surface area contributed by atoms with E-state index in [0.717, 1.165) is 10.8 Å². The average Bonchev–Trinajstić information content (AvgIpc) is 3.36. The Bertz CT molecular complexity index is 1020. The molecule has 2 unspecified atom stereocenters. The molecule has 2 atom stereocenters. The highest BCUT2D eigenvalue weighted by molar-refractivity contribution is 5.94. The van der Waals surface area contributed by atoms with E-state index in [1.165, 1.54) is 12.1 Å². The molecule has 3 aliphatic rings. The molecule has 5 nitrogen and oxygen atoms in total. The highest BCUT2D eigenvalue weighted by atomic mass is 16.7. The van der Waals surface area contributed by atoms with Gasteiger partial charge in [-0.2, -0.15) is 0 Å². The summed E-state index contributed by atoms with van der Waals surface area (Å²) < 4.78 is 18.3. The van der Waals surface area contributed by atoms with E-state index in [0.29, 0.717) is 29.0 Å². The van der Waals surface area contributed by atoms with Crippen LogP contribution >= 0.6 is 0 Å². The summed E-state index contributed by atoms with van der Waals surface area (Å²) in [6.07, 6.45) is 0.143. The van der Waals surface area contributed by atoms with Crippen LogP contribution in [0.15, 0.2) is 48.5 Å². The maximum Gasteiger partial charge on any atom is 0.284 e. The summed E-state index contributed by atoms with van der Waals surface area (Å²) in [5, 5.41) is 22.8. The monoisotopic (exact) mass is 334 g/mol. The summed E-state index contributed by atoms with van der Waals surface area (Å²) in [7, 11) is 0. The Kier molecular flexibility index (Phi) is 2.24. The van der Waals surface area contributed by atoms with Crippen molar-refractivity contribution in [3.63, 3.8) is 0 Å². The van der Waals surface area contributed by atoms with Crippen molar-refractivity contribution in [2.24, 2.45) is 0 Å². The molecule has 3 aromatic carbocycles. The largest absolute Gasteiger partial charge is 0.508 e. The highest BCUT2D eigenvalue weighted by Crippen LogP contribution is 2.60. The second-order valence-electron chi connectivity index (χ2n) is 6.76. The smallest absolute Gasteiger partial charge is 0.284 e. The van der Waals surface area contributed by atoms with E-state index in [9.17, 15) is 10.2 Å². The maximum absolute atomic E-state index is 10.5. The van der Waals surface area contributed by atoms with Crippen molar-refractivity contribution in [2.75, 3.05) is 0 Å². The Hall–Kier alpha value is -2.92. The molecular weight excluding hydrogens is 320 g/mol. The van der Waals surface area contributed by atoms with Crippen molar-refractivity contribution in [3.05, 3.63) is 59.7 Å². The molecule has 0 radical (unpaired) electrons. The Morgan fingerprint density at radius 2 is 1.56 bits per heavy atom. The SMILES string of the molecule is Oc1ccc(O)c2c1C1OC1CC21Oc2cccc3cccc(c23)O1. The first-order chi connectivity index (χ1) is 12.2. The molecule has 2 heterocycles. The predicted molar refractivity (Wildman–Crippen MR) is 88.9 cm³/mol. The lowest BCUT2D eigenvalue weighted by atomic mass is 9.84. The molecule has 3 aromatic rings. The Labute approximate surface area is 143 Å². The zero-order valence-electron chi connectivity index (χ0n) is 13.1. The van der Waals surface area contributed by atoms with Crippen LogP contribution in [0.2, 0.25) is 0 Å². The fourth-order valence-corrected chi connectivity index (χ4v) is 4.21. The molecule has 6 rings (SSSR count). The fraction of sp³-hybridized carbons (Fsp3) is 0.200. The van der Waals surface area contributed by atoms with Crippen LogP contribution in [0, 0.1) is 0 Å². The van der Waals surface area contributed by atoms with Gasteiger partial charge in [0, 0.05) is 5.56 Å². The molecule has 0 saturated carbocycles. The van der Waals surface area contributed by atoms with Gasteiger partial charge in [0.05, 0.1) is 23.5 Å². The summed E-state index contributed by atoms with van der Waals surface area (Å²) in [6.45, 7) is 0. The number of hydrogen-bond donors (Lipinski definition) is 2. The Morgan fingerprint density at radius 3 is 2.28 bits per heavy atom. The zero-order chi connectivity index (χ0) is 16.8. The molecule has 5 heteroatoms. The summed E-state index contributed by atoms with van der Waals surface area (Å²) in [6, 6.07) is 14.6. The van der Waals surface area contributed by atoms with Crippen LogP contribution in [-0.4, -0.2) is 16.3 Å². The average molecular weight is 334 g/mol. The number of phenolic OH excluding ortho intramolecular Hbond substituents is 2. The quantitative estimate of drug-likeness (QED) is 0.484. The molecule has 0 amide bonds. The van der Waals surface area contributed by atoms with Crippen LogP contribution in [0.4, 0.5) is 0 Å². The molecule has 124 valence electrons. The first kappa shape index (κ1) is 13.4. The number of benzene rings is 3. The number of hydrogen-bond acceptors (Lipinski definition) is 5. The van der Waals surface area contributed by atoms with Crippen molar-refractivity contribution in [1.29, 1.82) is 0 Å². The van der Waals surface area contributed by atoms with Gasteiger partial charge >= 0.3 is 0 Å². The molecule has 1 spiro atoms. The predicted octanol–water partition coefficient (Wildman–Crippen LogP) is 3.72. The van der Waals surface area contributed by atoms with Gasteiger partial charge in [0.25, 0.3) is 5.79 Å². The van der Waals surface area contributed by atoms with Crippen LogP contribution in [-0.2, 0) is 10.5 Å². The summed E-state index contributed by atoms with van der Waals surface area (Å²) >= 11 is 0. The van der Waals surface area contributed by atoms with Crippen LogP contribution in [0.25, 0.3) is 10.8 Å². The second kappa shape index (κ2) is 4.18. The second-order valence-corrected chi connectivity index (χ2v) is 6.76. The van der Waals surface area contributed by atoms with Crippen LogP contribution in [0.5, 0.6) is 23.0 Å². The van der Waals surface area contributed by atoms with E-state index >= 15 is 0 Å². The topological polar surface area (TPSA) is 71.5 Å². The summed E-state index contributed by atoms with van der Waals surface area (Å²) in [5.41, 5.74) is 1.01. The number of rotatable bonds is 0. The van der Waals surface area contributed by atoms with Gasteiger partial charge in [0.2, 0.25) is 0 Å². The molecule has 1 saturated heterocycles. The lowest BCUT2D eigenvalue weighted by molar-refractivity contribution is -0.139. The molecule has 25 heavy (non-hydrogen) atoms. The molecule has 2 N–H and O–H groups in total. The minimum Gasteiger partial charge on any atom is -0.508 e. The van der Waals surface area contributed by atoms with Crippen molar-refractivity contribution in [3.8, 4) is 23.0 Å². The van der Waals surface area contributed by atoms with E-state index in [1.807, 2.05) is 36.4 Å². The van der Waals surface area contributed by atoms with Crippen molar-refractivity contribution in [1.82, 2.24) is 0 Å². The fourth-order valence-electron chi connectivity index (χ4n) is 4.21. The third-order valence-electron chi connectivity index (χ3n) is 5.30. The molecule has 1 aliphatic carbocycles. The van der Waals surface area contributed by atoms with Gasteiger partial charge in [-0.3, -0.25) is 0 Å². The van der Waals surface area contributed by atoms with Crippen LogP contribution in [0.3, 0.4) is 0 Å². The van der Waals surface area contributed by atoms with Crippen molar-refractivity contribution < 1.29 is 24.4 Å². The first-order valence-corrected chi connectivity index (χ1v) is 8.27. The number of phenols is 2. The number of aromatic hydroxyl groups is 2. The van der Waals surface area contributed by atoms with Crippen molar-refractivity contribution in [2.45, 2.75) is 24.4 Å². The Morgan fingerprint density at radius 1 is 0.880 bits per heavy atom. The highest BCUT2D eigenvalue weighted by Gasteiger charge is 2.60. The van der Waals surface area contributed by atoms with Crippen LogP contribution in [0.1, 0.15) is 23.7 Å². The molecule has 0 aromatic heterocycles. The van der Waals surface area contributed by atoms with Gasteiger partial charge in [-0.05, 0) is 29.7 Å². The minimum atomic E-state index is -1.21. The third-order valence-corrected chi connectivity index (χ3v) is 5.30. The number of fused-ring (bicyclic) bond motifs is 4. The van der Waals surface area contributed by atoms with Gasteiger partial charge < -0.3 is 24.4 Å². The molecule has 2 aliphatic heterocycles. The first-order valence-electron chi connectivity index (χ1n) is 8.27. The Balaban J connectivity index is 1.63. The standard InChI is InChI=1S/C20H14O5/c21-11-7-8-12(22)18-17(11)19-15(23-19)9-20(18)24-13-5-1-3-10-4-2-6-14(25-20)16(10)13/h1-8,15,19,21-22H,9H2.